The van der Waals surface area contributed by atoms with Gasteiger partial charge in [-0.3, -0.25) is 9.59 Å². The molecule has 1 aromatic heterocycles. The van der Waals surface area contributed by atoms with Gasteiger partial charge < -0.3 is 11.5 Å². The fourth-order valence-electron chi connectivity index (χ4n) is 0.756. The predicted octanol–water partition coefficient (Wildman–Crippen LogP) is -0.369. The van der Waals surface area contributed by atoms with Crippen LogP contribution in [0.1, 0.15) is 0 Å². The van der Waals surface area contributed by atoms with Crippen LogP contribution in [0.3, 0.4) is 0 Å². The van der Waals surface area contributed by atoms with Gasteiger partial charge in [-0.1, -0.05) is 23.5 Å². The van der Waals surface area contributed by atoms with Crippen LogP contribution in [0.5, 0.6) is 0 Å². The molecule has 86 valence electrons. The minimum atomic E-state index is -0.427. The Bertz CT molecular complexity index is 366. The maximum atomic E-state index is 10.6. The SMILES string of the molecule is NC(=O)CSc1ccnc(SCC(N)=O)n1. The van der Waals surface area contributed by atoms with E-state index in [4.69, 9.17) is 11.5 Å². The molecule has 0 aliphatic rings. The summed E-state index contributed by atoms with van der Waals surface area (Å²) in [6, 6.07) is 1.67. The third-order valence-corrected chi connectivity index (χ3v) is 3.15. The van der Waals surface area contributed by atoms with Gasteiger partial charge in [0.2, 0.25) is 11.8 Å². The first-order valence-corrected chi connectivity index (χ1v) is 6.20. The van der Waals surface area contributed by atoms with E-state index in [-0.39, 0.29) is 11.5 Å². The molecule has 0 radical (unpaired) electrons. The molecule has 1 rings (SSSR count). The number of thioether (sulfide) groups is 2. The summed E-state index contributed by atoms with van der Waals surface area (Å²) in [5, 5.41) is 1.09. The standard InChI is InChI=1S/C8H10N4O2S2/c9-5(13)3-15-7-1-2-11-8(12-7)16-4-6(10)14/h1-2H,3-4H2,(H2,9,13)(H2,10,14). The van der Waals surface area contributed by atoms with Gasteiger partial charge in [0.25, 0.3) is 0 Å². The Morgan fingerprint density at radius 3 is 2.44 bits per heavy atom. The van der Waals surface area contributed by atoms with Crippen molar-refractivity contribution >= 4 is 35.3 Å². The molecule has 0 unspecified atom stereocenters. The number of amides is 2. The Hall–Kier alpha value is -1.28. The van der Waals surface area contributed by atoms with E-state index in [2.05, 4.69) is 9.97 Å². The molecule has 0 atom stereocenters. The first-order chi connectivity index (χ1) is 7.58. The Kier molecular flexibility index (Phi) is 5.06. The highest BCUT2D eigenvalue weighted by molar-refractivity contribution is 8.00. The lowest BCUT2D eigenvalue weighted by atomic mass is 10.7. The van der Waals surface area contributed by atoms with E-state index in [1.165, 1.54) is 11.8 Å². The fourth-order valence-corrected chi connectivity index (χ4v) is 1.98. The number of carbonyl (C=O) groups excluding carboxylic acids is 2. The predicted molar refractivity (Wildman–Crippen MR) is 61.9 cm³/mol. The highest BCUT2D eigenvalue weighted by atomic mass is 32.2. The van der Waals surface area contributed by atoms with E-state index in [1.807, 2.05) is 0 Å². The molecule has 0 saturated carbocycles. The number of nitrogens with two attached hydrogens (primary N) is 2. The molecule has 0 aliphatic heterocycles. The molecule has 1 aromatic rings. The van der Waals surface area contributed by atoms with E-state index in [0.29, 0.717) is 10.2 Å². The maximum absolute atomic E-state index is 10.6. The van der Waals surface area contributed by atoms with E-state index in [9.17, 15) is 9.59 Å². The molecule has 0 aliphatic carbocycles. The van der Waals surface area contributed by atoms with Gasteiger partial charge in [-0.05, 0) is 6.07 Å². The van der Waals surface area contributed by atoms with Crippen LogP contribution >= 0.6 is 23.5 Å². The topological polar surface area (TPSA) is 112 Å². The second-order valence-corrected chi connectivity index (χ2v) is 4.63. The number of nitrogens with zero attached hydrogens (tertiary/aromatic N) is 2. The van der Waals surface area contributed by atoms with Crippen LogP contribution in [0.2, 0.25) is 0 Å². The Morgan fingerprint density at radius 2 is 1.81 bits per heavy atom. The van der Waals surface area contributed by atoms with Crippen molar-refractivity contribution in [1.82, 2.24) is 9.97 Å². The number of aromatic nitrogens is 2. The largest absolute Gasteiger partial charge is 0.369 e. The third-order valence-electron chi connectivity index (χ3n) is 1.31. The second kappa shape index (κ2) is 6.33. The molecule has 0 spiro atoms. The highest BCUT2D eigenvalue weighted by Crippen LogP contribution is 2.18. The lowest BCUT2D eigenvalue weighted by Crippen LogP contribution is -2.14. The molecule has 0 saturated heterocycles. The Balaban J connectivity index is 2.56. The smallest absolute Gasteiger partial charge is 0.227 e. The van der Waals surface area contributed by atoms with Gasteiger partial charge in [-0.15, -0.1) is 0 Å². The van der Waals surface area contributed by atoms with Crippen LogP contribution in [0.4, 0.5) is 0 Å². The van der Waals surface area contributed by atoms with Gasteiger partial charge >= 0.3 is 0 Å². The van der Waals surface area contributed by atoms with Crippen molar-refractivity contribution in [2.24, 2.45) is 11.5 Å². The fraction of sp³-hybridized carbons (Fsp3) is 0.250. The normalized spacial score (nSPS) is 10.0. The van der Waals surface area contributed by atoms with Crippen molar-refractivity contribution in [3.8, 4) is 0 Å². The molecule has 2 amide bonds. The summed E-state index contributed by atoms with van der Waals surface area (Å²) in [6.45, 7) is 0. The van der Waals surface area contributed by atoms with Gasteiger partial charge in [0.15, 0.2) is 5.16 Å². The van der Waals surface area contributed by atoms with E-state index in [1.54, 1.807) is 12.3 Å². The monoisotopic (exact) mass is 258 g/mol. The number of hydrogen-bond donors (Lipinski definition) is 2. The summed E-state index contributed by atoms with van der Waals surface area (Å²) >= 11 is 2.37. The molecule has 4 N–H and O–H groups in total. The highest BCUT2D eigenvalue weighted by Gasteiger charge is 2.04. The zero-order chi connectivity index (χ0) is 12.0. The van der Waals surface area contributed by atoms with Crippen molar-refractivity contribution in [1.29, 1.82) is 0 Å². The summed E-state index contributed by atoms with van der Waals surface area (Å²) in [6.07, 6.45) is 1.56. The molecule has 1 heterocycles. The van der Waals surface area contributed by atoms with Crippen LogP contribution in [0, 0.1) is 0 Å². The summed E-state index contributed by atoms with van der Waals surface area (Å²) in [7, 11) is 0. The summed E-state index contributed by atoms with van der Waals surface area (Å²) in [4.78, 5) is 29.2. The van der Waals surface area contributed by atoms with Crippen molar-refractivity contribution in [3.05, 3.63) is 12.3 Å². The first-order valence-electron chi connectivity index (χ1n) is 4.23. The van der Waals surface area contributed by atoms with Gasteiger partial charge in [0.1, 0.15) is 5.03 Å². The average molecular weight is 258 g/mol. The van der Waals surface area contributed by atoms with E-state index < -0.39 is 11.8 Å². The van der Waals surface area contributed by atoms with E-state index in [0.717, 1.165) is 11.8 Å². The van der Waals surface area contributed by atoms with Gasteiger partial charge in [0, 0.05) is 6.20 Å². The Morgan fingerprint density at radius 1 is 1.19 bits per heavy atom. The molecule has 16 heavy (non-hydrogen) atoms. The molecule has 6 nitrogen and oxygen atoms in total. The summed E-state index contributed by atoms with van der Waals surface area (Å²) < 4.78 is 0. The lowest BCUT2D eigenvalue weighted by Gasteiger charge is -2.00. The number of hydrogen-bond acceptors (Lipinski definition) is 6. The summed E-state index contributed by atoms with van der Waals surface area (Å²) in [5.41, 5.74) is 10.0. The van der Waals surface area contributed by atoms with Crippen molar-refractivity contribution in [2.75, 3.05) is 11.5 Å². The minimum Gasteiger partial charge on any atom is -0.369 e. The minimum absolute atomic E-state index is 0.129. The number of carbonyl (C=O) groups is 2. The molecule has 8 heteroatoms. The molecule has 0 fully saturated rings. The van der Waals surface area contributed by atoms with Crippen molar-refractivity contribution in [3.63, 3.8) is 0 Å². The van der Waals surface area contributed by atoms with Crippen LogP contribution in [0.25, 0.3) is 0 Å². The molecule has 0 bridgehead atoms. The zero-order valence-corrected chi connectivity index (χ0v) is 9.88. The first kappa shape index (κ1) is 12.8. The van der Waals surface area contributed by atoms with Gasteiger partial charge in [0.05, 0.1) is 11.5 Å². The van der Waals surface area contributed by atoms with Crippen LogP contribution < -0.4 is 11.5 Å². The number of rotatable bonds is 6. The van der Waals surface area contributed by atoms with Crippen LogP contribution in [0.15, 0.2) is 22.4 Å². The van der Waals surface area contributed by atoms with Crippen LogP contribution in [-0.4, -0.2) is 33.3 Å². The molecular formula is C8H10N4O2S2. The number of primary amides is 2. The van der Waals surface area contributed by atoms with Crippen molar-refractivity contribution < 1.29 is 9.59 Å². The van der Waals surface area contributed by atoms with Gasteiger partial charge in [-0.2, -0.15) is 0 Å². The van der Waals surface area contributed by atoms with Gasteiger partial charge in [-0.25, -0.2) is 9.97 Å². The Labute approximate surface area is 101 Å². The lowest BCUT2D eigenvalue weighted by molar-refractivity contribution is -0.116. The van der Waals surface area contributed by atoms with Crippen molar-refractivity contribution in [2.45, 2.75) is 10.2 Å². The van der Waals surface area contributed by atoms with E-state index >= 15 is 0 Å². The molecular weight excluding hydrogens is 248 g/mol. The quantitative estimate of drug-likeness (QED) is 0.409. The second-order valence-electron chi connectivity index (χ2n) is 2.69. The summed E-state index contributed by atoms with van der Waals surface area (Å²) in [5.74, 6) is -0.542. The third kappa shape index (κ3) is 4.99. The maximum Gasteiger partial charge on any atom is 0.227 e. The zero-order valence-electron chi connectivity index (χ0n) is 8.25. The molecule has 0 aromatic carbocycles. The van der Waals surface area contributed by atoms with Crippen LogP contribution in [-0.2, 0) is 9.59 Å². The average Bonchev–Trinajstić information content (AvgIpc) is 2.24.